The number of ether oxygens (including phenoxy) is 3. The molecule has 2 heterocycles. The molecule has 0 amide bonds. The number of hydrogen-bond acceptors (Lipinski definition) is 12. The van der Waals surface area contributed by atoms with Crippen molar-refractivity contribution in [3.63, 3.8) is 0 Å². The summed E-state index contributed by atoms with van der Waals surface area (Å²) in [6, 6.07) is 0. The van der Waals surface area contributed by atoms with Gasteiger partial charge in [-0.25, -0.2) is 9.59 Å². The van der Waals surface area contributed by atoms with E-state index in [0.717, 1.165) is 48.3 Å². The number of hydrogen-bond donors (Lipinski definition) is 2. The normalized spacial score (nSPS) is 16.4. The quantitative estimate of drug-likeness (QED) is 0.0445. The molecule has 2 aliphatic rings. The molecule has 2 N–H and O–H groups in total. The number of terminal acetylenes is 1. The van der Waals surface area contributed by atoms with Crippen LogP contribution in [0.2, 0.25) is 0 Å². The van der Waals surface area contributed by atoms with Crippen molar-refractivity contribution in [2.24, 2.45) is 0 Å². The van der Waals surface area contributed by atoms with E-state index in [0.29, 0.717) is 12.8 Å². The summed E-state index contributed by atoms with van der Waals surface area (Å²) in [6.45, 7) is 6.54. The third-order valence-corrected chi connectivity index (χ3v) is 11.1. The lowest BCUT2D eigenvalue weighted by atomic mass is 10.1. The number of carbonyl (C=O) groups is 4. The standard InChI is InChI=1S/C13H20O4S2.C8H14O2S2.C5H8O3.C2H2.CH4/c1-2-12(14)16-8-9-17-13(15)6-4-3-5-11-7-10-18-19-11;9-8(10)4-2-1-3-7-5-6-11-12-7;1-2-5(7)8-4-3-6;1-2;/h2,11H,1,3-10H2;7H,1-6H2,(H,9,10);2,6H,1,3-4H2;1-2H;1H4/i;;;1D;. The number of aliphatic hydroxyl groups is 1. The van der Waals surface area contributed by atoms with Crippen molar-refractivity contribution in [3.05, 3.63) is 25.3 Å². The predicted molar refractivity (Wildman–Crippen MR) is 178 cm³/mol. The molecular formula is C29H48O9S4. The van der Waals surface area contributed by atoms with E-state index in [-0.39, 0.29) is 39.8 Å². The van der Waals surface area contributed by atoms with Crippen LogP contribution in [0.5, 0.6) is 0 Å². The molecule has 2 fully saturated rings. The highest BCUT2D eigenvalue weighted by molar-refractivity contribution is 8.77. The maximum Gasteiger partial charge on any atom is 0.330 e. The molecule has 0 aromatic rings. The summed E-state index contributed by atoms with van der Waals surface area (Å²) in [6.07, 6.45) is 17.5. The third-order valence-electron chi connectivity index (χ3n) is 5.04. The van der Waals surface area contributed by atoms with Gasteiger partial charge in [-0.3, -0.25) is 9.59 Å². The van der Waals surface area contributed by atoms with Gasteiger partial charge in [-0.15, -0.1) is 12.8 Å². The fourth-order valence-corrected chi connectivity index (χ4v) is 9.11. The fraction of sp³-hybridized carbons (Fsp3) is 0.655. The highest BCUT2D eigenvalue weighted by Crippen LogP contribution is 2.40. The lowest BCUT2D eigenvalue weighted by molar-refractivity contribution is -0.149. The number of aliphatic hydroxyl groups excluding tert-OH is 1. The molecule has 2 saturated heterocycles. The Bertz CT molecular complexity index is 797. The molecule has 42 heavy (non-hydrogen) atoms. The maximum atomic E-state index is 11.4. The zero-order valence-electron chi connectivity index (χ0n) is 24.5. The number of unbranched alkanes of at least 4 members (excludes halogenated alkanes) is 2. The van der Waals surface area contributed by atoms with Gasteiger partial charge in [-0.05, 0) is 38.5 Å². The number of rotatable bonds is 17. The van der Waals surface area contributed by atoms with Crippen molar-refractivity contribution >= 4 is 67.1 Å². The number of esters is 3. The molecule has 2 rings (SSSR count). The molecule has 0 aliphatic carbocycles. The van der Waals surface area contributed by atoms with Crippen LogP contribution in [0.1, 0.15) is 73.0 Å². The summed E-state index contributed by atoms with van der Waals surface area (Å²) < 4.78 is 19.7. The van der Waals surface area contributed by atoms with Crippen molar-refractivity contribution in [2.75, 3.05) is 37.9 Å². The Morgan fingerprint density at radius 3 is 1.69 bits per heavy atom. The Kier molecular flexibility index (Phi) is 34.1. The smallest absolute Gasteiger partial charge is 0.330 e. The molecule has 0 saturated carbocycles. The number of carboxylic acid groups (broad SMARTS) is 1. The molecule has 0 bridgehead atoms. The van der Waals surface area contributed by atoms with Crippen LogP contribution in [-0.4, -0.2) is 82.5 Å². The molecule has 0 aromatic heterocycles. The summed E-state index contributed by atoms with van der Waals surface area (Å²) >= 11 is 0. The zero-order chi connectivity index (χ0) is 31.8. The van der Waals surface area contributed by atoms with E-state index >= 15 is 0 Å². The topological polar surface area (TPSA) is 136 Å². The minimum atomic E-state index is -0.663. The van der Waals surface area contributed by atoms with Crippen molar-refractivity contribution in [2.45, 2.75) is 82.1 Å². The second-order valence-electron chi connectivity index (χ2n) is 8.23. The van der Waals surface area contributed by atoms with Gasteiger partial charge in [0.2, 0.25) is 0 Å². The molecular weight excluding hydrogens is 621 g/mol. The van der Waals surface area contributed by atoms with Gasteiger partial charge in [-0.1, -0.05) is 76.6 Å². The molecule has 2 unspecified atom stereocenters. The lowest BCUT2D eigenvalue weighted by Crippen LogP contribution is -2.12. The SMILES string of the molecule is C.C=CC(=O)OCCO.C=CC(=O)OCCOC(=O)CCCCC1CCSS1.O=C(O)CCCCC1CCSS1.[2H]C#C. The summed E-state index contributed by atoms with van der Waals surface area (Å²) in [5.41, 5.74) is 0. The maximum absolute atomic E-state index is 11.4. The largest absolute Gasteiger partial charge is 0.481 e. The van der Waals surface area contributed by atoms with E-state index in [1.54, 1.807) is 0 Å². The minimum Gasteiger partial charge on any atom is -0.481 e. The second kappa shape index (κ2) is 33.8. The van der Waals surface area contributed by atoms with E-state index in [2.05, 4.69) is 24.3 Å². The zero-order valence-corrected chi connectivity index (χ0v) is 26.8. The van der Waals surface area contributed by atoms with Gasteiger partial charge in [-0.2, -0.15) is 0 Å². The fourth-order valence-electron chi connectivity index (χ4n) is 3.05. The molecule has 242 valence electrons. The van der Waals surface area contributed by atoms with Crippen LogP contribution in [0, 0.1) is 12.8 Å². The first kappa shape index (κ1) is 42.4. The molecule has 13 heteroatoms. The molecule has 2 atom stereocenters. The summed E-state index contributed by atoms with van der Waals surface area (Å²) in [5, 5.41) is 18.1. The van der Waals surface area contributed by atoms with Gasteiger partial charge >= 0.3 is 23.9 Å². The average Bonchev–Trinajstić information content (AvgIpc) is 3.70. The van der Waals surface area contributed by atoms with Gasteiger partial charge in [0.05, 0.1) is 6.61 Å². The first-order chi connectivity index (χ1) is 20.2. The van der Waals surface area contributed by atoms with E-state index in [9.17, 15) is 19.2 Å². The summed E-state index contributed by atoms with van der Waals surface area (Å²) in [4.78, 5) is 42.4. The van der Waals surface area contributed by atoms with Crippen LogP contribution in [0.25, 0.3) is 0 Å². The van der Waals surface area contributed by atoms with Gasteiger partial charge in [0, 0.05) is 47.0 Å². The summed E-state index contributed by atoms with van der Waals surface area (Å²) in [7, 11) is 7.82. The molecule has 9 nitrogen and oxygen atoms in total. The minimum absolute atomic E-state index is 0. The first-order valence-corrected chi connectivity index (χ1v) is 18.0. The Balaban J connectivity index is -0.000000572. The van der Waals surface area contributed by atoms with E-state index in [1.165, 1.54) is 43.6 Å². The third kappa shape index (κ3) is 31.2. The van der Waals surface area contributed by atoms with Crippen LogP contribution >= 0.6 is 43.2 Å². The van der Waals surface area contributed by atoms with Crippen molar-refractivity contribution in [1.82, 2.24) is 0 Å². The van der Waals surface area contributed by atoms with Crippen LogP contribution in [0.3, 0.4) is 0 Å². The number of aliphatic carboxylic acids is 1. The average molecular weight is 670 g/mol. The Hall–Kier alpha value is -1.72. The molecule has 0 aromatic carbocycles. The predicted octanol–water partition coefficient (Wildman–Crippen LogP) is 6.35. The van der Waals surface area contributed by atoms with Gasteiger partial charge in [0.15, 0.2) is 0 Å². The van der Waals surface area contributed by atoms with Gasteiger partial charge in [0.25, 0.3) is 0 Å². The van der Waals surface area contributed by atoms with Gasteiger partial charge in [0.1, 0.15) is 21.2 Å². The van der Waals surface area contributed by atoms with E-state index in [1.807, 2.05) is 43.2 Å². The highest BCUT2D eigenvalue weighted by atomic mass is 33.1. The van der Waals surface area contributed by atoms with E-state index in [4.69, 9.17) is 21.1 Å². The lowest BCUT2D eigenvalue weighted by Gasteiger charge is -2.07. The van der Waals surface area contributed by atoms with Crippen molar-refractivity contribution in [1.29, 1.82) is 0 Å². The Morgan fingerprint density at radius 1 is 0.833 bits per heavy atom. The molecule has 2 aliphatic heterocycles. The van der Waals surface area contributed by atoms with E-state index < -0.39 is 17.9 Å². The first-order valence-electron chi connectivity index (χ1n) is 13.7. The van der Waals surface area contributed by atoms with Crippen LogP contribution < -0.4 is 0 Å². The Morgan fingerprint density at radius 2 is 1.29 bits per heavy atom. The van der Waals surface area contributed by atoms with Crippen molar-refractivity contribution < 1.29 is 45.0 Å². The molecule has 0 radical (unpaired) electrons. The number of carboxylic acids is 1. The second-order valence-corrected chi connectivity index (χ2v) is 13.8. The van der Waals surface area contributed by atoms with Crippen LogP contribution in [-0.2, 0) is 33.4 Å². The monoisotopic (exact) mass is 669 g/mol. The van der Waals surface area contributed by atoms with Crippen LogP contribution in [0.15, 0.2) is 25.3 Å². The summed E-state index contributed by atoms with van der Waals surface area (Å²) in [5.74, 6) is 0.642. The Labute approximate surface area is 269 Å². The molecule has 0 spiro atoms. The number of carbonyl (C=O) groups excluding carboxylic acids is 3. The van der Waals surface area contributed by atoms with Gasteiger partial charge < -0.3 is 24.4 Å². The van der Waals surface area contributed by atoms with Crippen LogP contribution in [0.4, 0.5) is 0 Å². The van der Waals surface area contributed by atoms with Crippen molar-refractivity contribution in [3.8, 4) is 12.8 Å². The highest BCUT2D eigenvalue weighted by Gasteiger charge is 2.16.